The Morgan fingerprint density at radius 3 is 2.37 bits per heavy atom. The molecule has 2 nitrogen and oxygen atoms in total. The molecule has 1 saturated heterocycles. The average molecular weight is 262 g/mol. The Morgan fingerprint density at radius 1 is 1.05 bits per heavy atom. The first-order chi connectivity index (χ1) is 9.28. The van der Waals surface area contributed by atoms with Crippen LogP contribution in [0.25, 0.3) is 0 Å². The van der Waals surface area contributed by atoms with E-state index in [9.17, 15) is 0 Å². The van der Waals surface area contributed by atoms with Crippen molar-refractivity contribution in [2.45, 2.75) is 45.4 Å². The van der Waals surface area contributed by atoms with Crippen LogP contribution in [0.4, 0.5) is 0 Å². The van der Waals surface area contributed by atoms with E-state index in [0.29, 0.717) is 0 Å². The number of nitrogens with zero attached hydrogens (tertiary/aromatic N) is 1. The van der Waals surface area contributed by atoms with Crippen LogP contribution in [0.2, 0.25) is 0 Å². The predicted molar refractivity (Wildman–Crippen MR) is 79.1 cm³/mol. The lowest BCUT2D eigenvalue weighted by atomic mass is 9.45. The van der Waals surface area contributed by atoms with E-state index in [2.05, 4.69) is 17.1 Å². The van der Waals surface area contributed by atoms with Crippen LogP contribution in [0, 0.1) is 29.1 Å². The fourth-order valence-electron chi connectivity index (χ4n) is 6.22. The van der Waals surface area contributed by atoms with Gasteiger partial charge >= 0.3 is 0 Å². The van der Waals surface area contributed by atoms with Crippen molar-refractivity contribution in [1.29, 1.82) is 0 Å². The lowest BCUT2D eigenvalue weighted by molar-refractivity contribution is -0.104. The zero-order chi connectivity index (χ0) is 12.9. The Hall–Kier alpha value is -0.0800. The van der Waals surface area contributed by atoms with Crippen molar-refractivity contribution in [3.05, 3.63) is 0 Å². The van der Waals surface area contributed by atoms with Crippen LogP contribution in [-0.2, 0) is 0 Å². The molecule has 4 bridgehead atoms. The highest BCUT2D eigenvalue weighted by Crippen LogP contribution is 2.63. The van der Waals surface area contributed by atoms with Gasteiger partial charge in [0.1, 0.15) is 0 Å². The minimum Gasteiger partial charge on any atom is -0.314 e. The third-order valence-electron chi connectivity index (χ3n) is 7.02. The second-order valence-electron chi connectivity index (χ2n) is 8.04. The molecule has 0 radical (unpaired) electrons. The third kappa shape index (κ3) is 2.15. The minimum atomic E-state index is 0.788. The van der Waals surface area contributed by atoms with Gasteiger partial charge < -0.3 is 10.2 Å². The van der Waals surface area contributed by atoms with Crippen molar-refractivity contribution in [2.75, 3.05) is 32.7 Å². The molecule has 5 rings (SSSR count). The van der Waals surface area contributed by atoms with Crippen molar-refractivity contribution in [3.8, 4) is 0 Å². The molecule has 0 aromatic rings. The van der Waals surface area contributed by atoms with Crippen LogP contribution in [-0.4, -0.2) is 37.6 Å². The second kappa shape index (κ2) is 4.73. The quantitative estimate of drug-likeness (QED) is 0.841. The molecule has 1 heterocycles. The summed E-state index contributed by atoms with van der Waals surface area (Å²) < 4.78 is 0. The van der Waals surface area contributed by atoms with Crippen LogP contribution >= 0.6 is 0 Å². The van der Waals surface area contributed by atoms with E-state index in [4.69, 9.17) is 0 Å². The molecule has 5 aliphatic rings. The molecule has 4 saturated carbocycles. The fraction of sp³-hybridized carbons (Fsp3) is 1.00. The normalized spacial score (nSPS) is 49.7. The summed E-state index contributed by atoms with van der Waals surface area (Å²) in [4.78, 5) is 2.75. The fourth-order valence-corrected chi connectivity index (χ4v) is 6.22. The molecule has 2 heteroatoms. The number of piperazine rings is 1. The molecule has 19 heavy (non-hydrogen) atoms. The first kappa shape index (κ1) is 12.6. The highest BCUT2D eigenvalue weighted by Gasteiger charge is 2.54. The van der Waals surface area contributed by atoms with Gasteiger partial charge in [0.25, 0.3) is 0 Å². The summed E-state index contributed by atoms with van der Waals surface area (Å²) in [5, 5.41) is 3.49. The van der Waals surface area contributed by atoms with Gasteiger partial charge in [0.2, 0.25) is 0 Å². The average Bonchev–Trinajstić information content (AvgIpc) is 2.43. The van der Waals surface area contributed by atoms with E-state index in [-0.39, 0.29) is 0 Å². The first-order valence-corrected chi connectivity index (χ1v) is 8.71. The van der Waals surface area contributed by atoms with Crippen LogP contribution in [0.3, 0.4) is 0 Å². The van der Waals surface area contributed by atoms with E-state index in [1.807, 2.05) is 0 Å². The number of nitrogens with one attached hydrogen (secondary N) is 1. The van der Waals surface area contributed by atoms with Gasteiger partial charge in [-0.15, -0.1) is 0 Å². The van der Waals surface area contributed by atoms with Gasteiger partial charge in [0, 0.05) is 32.7 Å². The molecule has 1 N–H and O–H groups in total. The SMILES string of the molecule is CCC12CC3CC(C1)C(CN1CCNCC1)C(C3)C2. The van der Waals surface area contributed by atoms with Crippen molar-refractivity contribution in [1.82, 2.24) is 10.2 Å². The summed E-state index contributed by atoms with van der Waals surface area (Å²) in [6.45, 7) is 8.88. The predicted octanol–water partition coefficient (Wildman–Crippen LogP) is 2.74. The summed E-state index contributed by atoms with van der Waals surface area (Å²) >= 11 is 0. The molecule has 4 aliphatic carbocycles. The molecule has 0 aromatic carbocycles. The number of hydrogen-bond acceptors (Lipinski definition) is 2. The molecular weight excluding hydrogens is 232 g/mol. The molecule has 1 aliphatic heterocycles. The summed E-state index contributed by atoms with van der Waals surface area (Å²) in [6, 6.07) is 0. The molecular formula is C17H30N2. The van der Waals surface area contributed by atoms with Crippen molar-refractivity contribution in [3.63, 3.8) is 0 Å². The van der Waals surface area contributed by atoms with Crippen molar-refractivity contribution < 1.29 is 0 Å². The molecule has 0 spiro atoms. The maximum absolute atomic E-state index is 3.49. The van der Waals surface area contributed by atoms with Crippen molar-refractivity contribution >= 4 is 0 Å². The van der Waals surface area contributed by atoms with Crippen LogP contribution in [0.15, 0.2) is 0 Å². The Kier molecular flexibility index (Phi) is 3.15. The zero-order valence-corrected chi connectivity index (χ0v) is 12.5. The van der Waals surface area contributed by atoms with Gasteiger partial charge in [0.05, 0.1) is 0 Å². The Labute approximate surface area is 118 Å². The van der Waals surface area contributed by atoms with E-state index < -0.39 is 0 Å². The molecule has 2 unspecified atom stereocenters. The number of hydrogen-bond donors (Lipinski definition) is 1. The maximum Gasteiger partial charge on any atom is 0.0107 e. The smallest absolute Gasteiger partial charge is 0.0107 e. The van der Waals surface area contributed by atoms with Gasteiger partial charge in [0.15, 0.2) is 0 Å². The minimum absolute atomic E-state index is 0.788. The highest BCUT2D eigenvalue weighted by atomic mass is 15.2. The first-order valence-electron chi connectivity index (χ1n) is 8.71. The zero-order valence-electron chi connectivity index (χ0n) is 12.5. The van der Waals surface area contributed by atoms with Crippen LogP contribution in [0.5, 0.6) is 0 Å². The molecule has 2 atom stereocenters. The lowest BCUT2D eigenvalue weighted by Gasteiger charge is -2.61. The van der Waals surface area contributed by atoms with Gasteiger partial charge in [-0.3, -0.25) is 0 Å². The Balaban J connectivity index is 1.46. The monoisotopic (exact) mass is 262 g/mol. The highest BCUT2D eigenvalue weighted by molar-refractivity contribution is 5.04. The van der Waals surface area contributed by atoms with Gasteiger partial charge in [-0.1, -0.05) is 13.3 Å². The molecule has 0 amide bonds. The summed E-state index contributed by atoms with van der Waals surface area (Å²) in [6.07, 6.45) is 9.35. The largest absolute Gasteiger partial charge is 0.314 e. The van der Waals surface area contributed by atoms with Gasteiger partial charge in [-0.25, -0.2) is 0 Å². The van der Waals surface area contributed by atoms with E-state index >= 15 is 0 Å². The summed E-state index contributed by atoms with van der Waals surface area (Å²) in [7, 11) is 0. The van der Waals surface area contributed by atoms with E-state index in [1.165, 1.54) is 39.1 Å². The van der Waals surface area contributed by atoms with Crippen molar-refractivity contribution in [2.24, 2.45) is 29.1 Å². The Morgan fingerprint density at radius 2 is 1.74 bits per heavy atom. The lowest BCUT2D eigenvalue weighted by Crippen LogP contribution is -2.55. The molecule has 108 valence electrons. The van der Waals surface area contributed by atoms with Gasteiger partial charge in [-0.05, 0) is 61.2 Å². The Bertz CT molecular complexity index is 318. The third-order valence-corrected chi connectivity index (χ3v) is 7.02. The van der Waals surface area contributed by atoms with Gasteiger partial charge in [-0.2, -0.15) is 0 Å². The summed E-state index contributed by atoms with van der Waals surface area (Å²) in [5.74, 6) is 4.33. The van der Waals surface area contributed by atoms with Crippen LogP contribution in [0.1, 0.15) is 45.4 Å². The van der Waals surface area contributed by atoms with E-state index in [1.54, 1.807) is 32.1 Å². The number of rotatable bonds is 3. The molecule has 0 aromatic heterocycles. The van der Waals surface area contributed by atoms with E-state index in [0.717, 1.165) is 29.1 Å². The standard InChI is InChI=1S/C17H30N2/c1-2-17-9-13-7-14(10-17)16(15(8-13)11-17)12-19-5-3-18-4-6-19/h13-16,18H,2-12H2,1H3. The topological polar surface area (TPSA) is 15.3 Å². The second-order valence-corrected chi connectivity index (χ2v) is 8.04. The molecule has 5 fully saturated rings. The maximum atomic E-state index is 3.49. The summed E-state index contributed by atoms with van der Waals surface area (Å²) in [5.41, 5.74) is 0.788. The van der Waals surface area contributed by atoms with Crippen LogP contribution < -0.4 is 5.32 Å².